The van der Waals surface area contributed by atoms with Gasteiger partial charge in [0.15, 0.2) is 11.0 Å². The highest BCUT2D eigenvalue weighted by molar-refractivity contribution is 7.98. The highest BCUT2D eigenvalue weighted by Crippen LogP contribution is 2.36. The van der Waals surface area contributed by atoms with Crippen LogP contribution in [0.2, 0.25) is 0 Å². The molecule has 7 heteroatoms. The molecule has 0 radical (unpaired) electrons. The second-order valence-corrected chi connectivity index (χ2v) is 8.13. The first-order chi connectivity index (χ1) is 14.9. The van der Waals surface area contributed by atoms with Gasteiger partial charge in [0.1, 0.15) is 0 Å². The van der Waals surface area contributed by atoms with Gasteiger partial charge < -0.3 is 0 Å². The number of thioether (sulfide) groups is 1. The molecule has 158 valence electrons. The number of rotatable bonds is 5. The summed E-state index contributed by atoms with van der Waals surface area (Å²) in [5.41, 5.74) is 3.50. The van der Waals surface area contributed by atoms with Gasteiger partial charge in [0.05, 0.1) is 11.3 Å². The molecule has 0 amide bonds. The number of hydrogen-bond acceptors (Lipinski definition) is 3. The minimum atomic E-state index is -4.40. The van der Waals surface area contributed by atoms with E-state index in [0.29, 0.717) is 11.0 Å². The highest BCUT2D eigenvalue weighted by atomic mass is 32.2. The summed E-state index contributed by atoms with van der Waals surface area (Å²) >= 11 is 1.24. The third kappa shape index (κ3) is 4.37. The van der Waals surface area contributed by atoms with Crippen molar-refractivity contribution >= 4 is 11.8 Å². The zero-order chi connectivity index (χ0) is 22.0. The van der Waals surface area contributed by atoms with Crippen LogP contribution in [0.4, 0.5) is 13.2 Å². The lowest BCUT2D eigenvalue weighted by Crippen LogP contribution is -2.08. The number of alkyl halides is 3. The molecule has 0 spiro atoms. The predicted molar refractivity (Wildman–Crippen MR) is 117 cm³/mol. The van der Waals surface area contributed by atoms with Gasteiger partial charge in [0.2, 0.25) is 0 Å². The van der Waals surface area contributed by atoms with E-state index in [-0.39, 0.29) is 11.3 Å². The molecule has 4 aromatic rings. The van der Waals surface area contributed by atoms with Gasteiger partial charge in [-0.05, 0) is 42.7 Å². The van der Waals surface area contributed by atoms with Gasteiger partial charge in [-0.25, -0.2) is 0 Å². The molecular formula is C24H20F3N3S. The molecule has 3 nitrogen and oxygen atoms in total. The highest BCUT2D eigenvalue weighted by Gasteiger charge is 2.33. The van der Waals surface area contributed by atoms with Crippen LogP contribution in [-0.4, -0.2) is 14.8 Å². The zero-order valence-electron chi connectivity index (χ0n) is 17.0. The third-order valence-corrected chi connectivity index (χ3v) is 6.03. The molecule has 1 heterocycles. The molecule has 0 bridgehead atoms. The Labute approximate surface area is 183 Å². The van der Waals surface area contributed by atoms with Crippen molar-refractivity contribution in [2.45, 2.75) is 30.9 Å². The molecule has 1 aromatic heterocycles. The quantitative estimate of drug-likeness (QED) is 0.318. The van der Waals surface area contributed by atoms with Crippen LogP contribution in [0.25, 0.3) is 17.1 Å². The second kappa shape index (κ2) is 8.59. The van der Waals surface area contributed by atoms with Gasteiger partial charge in [-0.2, -0.15) is 13.2 Å². The smallest absolute Gasteiger partial charge is 0.270 e. The Balaban J connectivity index is 1.78. The summed E-state index contributed by atoms with van der Waals surface area (Å²) in [5.74, 6) is 0.798. The van der Waals surface area contributed by atoms with Gasteiger partial charge in [0, 0.05) is 11.3 Å². The summed E-state index contributed by atoms with van der Waals surface area (Å²) in [6, 6.07) is 21.3. The van der Waals surface area contributed by atoms with Gasteiger partial charge >= 0.3 is 6.18 Å². The molecule has 0 aliphatic heterocycles. The molecule has 3 aromatic carbocycles. The minimum Gasteiger partial charge on any atom is -0.270 e. The van der Waals surface area contributed by atoms with Crippen molar-refractivity contribution in [2.75, 3.05) is 0 Å². The fraction of sp³-hybridized carbons (Fsp3) is 0.167. The predicted octanol–water partition coefficient (Wildman–Crippen LogP) is 6.86. The molecule has 0 saturated heterocycles. The van der Waals surface area contributed by atoms with Crippen molar-refractivity contribution < 1.29 is 13.2 Å². The first-order valence-corrected chi connectivity index (χ1v) is 10.7. The summed E-state index contributed by atoms with van der Waals surface area (Å²) in [5, 5.41) is 9.32. The van der Waals surface area contributed by atoms with Gasteiger partial charge in [0.25, 0.3) is 0 Å². The molecule has 0 aliphatic carbocycles. The molecule has 0 atom stereocenters. The number of aryl methyl sites for hydroxylation is 2. The molecule has 0 unspecified atom stereocenters. The van der Waals surface area contributed by atoms with E-state index in [9.17, 15) is 13.2 Å². The fourth-order valence-electron chi connectivity index (χ4n) is 3.46. The maximum atomic E-state index is 13.4. The van der Waals surface area contributed by atoms with Crippen LogP contribution in [-0.2, 0) is 11.9 Å². The Morgan fingerprint density at radius 3 is 2.16 bits per heavy atom. The molecule has 0 fully saturated rings. The molecule has 0 aliphatic rings. The average molecular weight is 440 g/mol. The molecular weight excluding hydrogens is 419 g/mol. The summed E-state index contributed by atoms with van der Waals surface area (Å²) in [7, 11) is 0. The van der Waals surface area contributed by atoms with E-state index >= 15 is 0 Å². The standard InChI is InChI=1S/C24H20F3N3S/c1-16-9-3-6-12-19(16)22-28-29-23(30(22)21-14-8-4-10-17(21)2)31-15-18-11-5-7-13-20(18)24(25,26)27/h3-14H,15H2,1-2H3. The van der Waals surface area contributed by atoms with Gasteiger partial charge in [-0.1, -0.05) is 72.4 Å². The summed E-state index contributed by atoms with van der Waals surface area (Å²) in [6.07, 6.45) is -4.40. The summed E-state index contributed by atoms with van der Waals surface area (Å²) < 4.78 is 42.1. The number of benzene rings is 3. The number of nitrogens with zero attached hydrogens (tertiary/aromatic N) is 3. The Hall–Kier alpha value is -3.06. The van der Waals surface area contributed by atoms with Crippen molar-refractivity contribution in [1.29, 1.82) is 0 Å². The van der Waals surface area contributed by atoms with E-state index in [1.165, 1.54) is 23.9 Å². The maximum absolute atomic E-state index is 13.4. The van der Waals surface area contributed by atoms with Crippen LogP contribution in [0.3, 0.4) is 0 Å². The van der Waals surface area contributed by atoms with E-state index in [1.54, 1.807) is 6.07 Å². The normalized spacial score (nSPS) is 11.6. The van der Waals surface area contributed by atoms with Crippen LogP contribution in [0.5, 0.6) is 0 Å². The maximum Gasteiger partial charge on any atom is 0.416 e. The van der Waals surface area contributed by atoms with E-state index in [4.69, 9.17) is 0 Å². The topological polar surface area (TPSA) is 30.7 Å². The summed E-state index contributed by atoms with van der Waals surface area (Å²) in [4.78, 5) is 0. The van der Waals surface area contributed by atoms with Gasteiger partial charge in [-0.3, -0.25) is 4.57 Å². The molecule has 0 N–H and O–H groups in total. The lowest BCUT2D eigenvalue weighted by Gasteiger charge is -2.15. The number of halogens is 3. The van der Waals surface area contributed by atoms with Crippen molar-refractivity contribution in [3.8, 4) is 17.1 Å². The average Bonchev–Trinajstić information content (AvgIpc) is 3.16. The fourth-order valence-corrected chi connectivity index (χ4v) is 4.41. The van der Waals surface area contributed by atoms with Crippen molar-refractivity contribution in [3.63, 3.8) is 0 Å². The van der Waals surface area contributed by atoms with Crippen molar-refractivity contribution in [1.82, 2.24) is 14.8 Å². The number of aromatic nitrogens is 3. The number of para-hydroxylation sites is 1. The van der Waals surface area contributed by atoms with E-state index in [1.807, 2.05) is 66.9 Å². The largest absolute Gasteiger partial charge is 0.416 e. The molecule has 4 rings (SSSR count). The van der Waals surface area contributed by atoms with Crippen LogP contribution in [0.1, 0.15) is 22.3 Å². The third-order valence-electron chi connectivity index (χ3n) is 5.06. The summed E-state index contributed by atoms with van der Waals surface area (Å²) in [6.45, 7) is 3.99. The van der Waals surface area contributed by atoms with Crippen molar-refractivity contribution in [3.05, 3.63) is 95.1 Å². The monoisotopic (exact) mass is 439 g/mol. The van der Waals surface area contributed by atoms with Crippen LogP contribution >= 0.6 is 11.8 Å². The number of hydrogen-bond donors (Lipinski definition) is 0. The Bertz CT molecular complexity index is 1210. The second-order valence-electron chi connectivity index (χ2n) is 7.19. The zero-order valence-corrected chi connectivity index (χ0v) is 17.8. The Morgan fingerprint density at radius 2 is 1.45 bits per heavy atom. The SMILES string of the molecule is Cc1ccccc1-c1nnc(SCc2ccccc2C(F)(F)F)n1-c1ccccc1C. The lowest BCUT2D eigenvalue weighted by molar-refractivity contribution is -0.138. The van der Waals surface area contributed by atoms with E-state index < -0.39 is 11.7 Å². The molecule has 0 saturated carbocycles. The van der Waals surface area contributed by atoms with E-state index in [0.717, 1.165) is 28.4 Å². The first-order valence-electron chi connectivity index (χ1n) is 9.71. The van der Waals surface area contributed by atoms with E-state index in [2.05, 4.69) is 10.2 Å². The van der Waals surface area contributed by atoms with Crippen LogP contribution in [0.15, 0.2) is 78.0 Å². The van der Waals surface area contributed by atoms with Crippen molar-refractivity contribution in [2.24, 2.45) is 0 Å². The van der Waals surface area contributed by atoms with Gasteiger partial charge in [-0.15, -0.1) is 10.2 Å². The first kappa shape index (κ1) is 21.2. The minimum absolute atomic E-state index is 0.132. The lowest BCUT2D eigenvalue weighted by atomic mass is 10.1. The Morgan fingerprint density at radius 1 is 0.806 bits per heavy atom. The van der Waals surface area contributed by atoms with Crippen LogP contribution in [0, 0.1) is 13.8 Å². The van der Waals surface area contributed by atoms with Crippen LogP contribution < -0.4 is 0 Å². The Kier molecular flexibility index (Phi) is 5.87. The molecule has 31 heavy (non-hydrogen) atoms.